The van der Waals surface area contributed by atoms with Gasteiger partial charge in [0.15, 0.2) is 0 Å². The highest BCUT2D eigenvalue weighted by Crippen LogP contribution is 2.38. The van der Waals surface area contributed by atoms with Crippen LogP contribution in [0, 0.1) is 0 Å². The van der Waals surface area contributed by atoms with Crippen molar-refractivity contribution in [1.29, 1.82) is 0 Å². The molecule has 1 aromatic rings. The molecule has 16 heavy (non-hydrogen) atoms. The normalized spacial score (nSPS) is 19.7. The first-order chi connectivity index (χ1) is 7.90. The summed E-state index contributed by atoms with van der Waals surface area (Å²) in [6, 6.07) is 7.33. The van der Waals surface area contributed by atoms with Crippen molar-refractivity contribution in [1.82, 2.24) is 0 Å². The van der Waals surface area contributed by atoms with Crippen molar-refractivity contribution in [2.45, 2.75) is 38.1 Å². The van der Waals surface area contributed by atoms with Crippen LogP contribution in [-0.2, 0) is 12.8 Å². The summed E-state index contributed by atoms with van der Waals surface area (Å²) >= 11 is 0. The largest absolute Gasteiger partial charge is 0.396 e. The number of nitrogens with zero attached hydrogens (tertiary/aromatic N) is 1. The van der Waals surface area contributed by atoms with E-state index in [-0.39, 0.29) is 6.61 Å². The summed E-state index contributed by atoms with van der Waals surface area (Å²) in [4.78, 5) is 2.59. The zero-order valence-electron chi connectivity index (χ0n) is 9.65. The molecule has 0 amide bonds. The number of aliphatic hydroxyl groups is 1. The van der Waals surface area contributed by atoms with Gasteiger partial charge in [0.25, 0.3) is 0 Å². The van der Waals surface area contributed by atoms with E-state index in [4.69, 9.17) is 5.11 Å². The van der Waals surface area contributed by atoms with E-state index in [9.17, 15) is 0 Å². The van der Waals surface area contributed by atoms with Gasteiger partial charge in [-0.3, -0.25) is 0 Å². The van der Waals surface area contributed by atoms with Crippen LogP contribution in [0.2, 0.25) is 0 Å². The lowest BCUT2D eigenvalue weighted by atomic mass is 9.91. The first-order valence-electron chi connectivity index (χ1n) is 6.38. The average molecular weight is 217 g/mol. The lowest BCUT2D eigenvalue weighted by Crippen LogP contribution is -2.39. The number of rotatable bonds is 3. The van der Waals surface area contributed by atoms with E-state index in [0.717, 1.165) is 12.5 Å². The van der Waals surface area contributed by atoms with Gasteiger partial charge in [-0.15, -0.1) is 0 Å². The Labute approximate surface area is 96.9 Å². The molecule has 0 spiro atoms. The third kappa shape index (κ3) is 1.52. The van der Waals surface area contributed by atoms with Crippen LogP contribution >= 0.6 is 0 Å². The Hall–Kier alpha value is -1.02. The molecule has 0 bridgehead atoms. The van der Waals surface area contributed by atoms with Gasteiger partial charge in [-0.2, -0.15) is 0 Å². The molecule has 1 aliphatic heterocycles. The van der Waals surface area contributed by atoms with Crippen LogP contribution in [0.3, 0.4) is 0 Å². The van der Waals surface area contributed by atoms with Gasteiger partial charge in [-0.25, -0.2) is 0 Å². The summed E-state index contributed by atoms with van der Waals surface area (Å²) in [5.74, 6) is 0. The summed E-state index contributed by atoms with van der Waals surface area (Å²) in [6.07, 6.45) is 6.08. The first-order valence-corrected chi connectivity index (χ1v) is 6.38. The lowest BCUT2D eigenvalue weighted by Gasteiger charge is -2.37. The minimum absolute atomic E-state index is 0.259. The molecule has 1 aromatic carbocycles. The second-order valence-corrected chi connectivity index (χ2v) is 4.93. The number of anilines is 1. The zero-order valence-corrected chi connectivity index (χ0v) is 9.65. The van der Waals surface area contributed by atoms with Crippen molar-refractivity contribution < 1.29 is 5.11 Å². The Morgan fingerprint density at radius 1 is 1.31 bits per heavy atom. The molecule has 2 nitrogen and oxygen atoms in total. The second-order valence-electron chi connectivity index (χ2n) is 4.93. The van der Waals surface area contributed by atoms with Crippen LogP contribution in [0.4, 0.5) is 5.69 Å². The van der Waals surface area contributed by atoms with Gasteiger partial charge in [-0.05, 0) is 43.2 Å². The molecule has 1 N–H and O–H groups in total. The van der Waals surface area contributed by atoms with Gasteiger partial charge in [0.05, 0.1) is 0 Å². The fourth-order valence-electron chi connectivity index (χ4n) is 2.95. The first kappa shape index (κ1) is 10.2. The number of benzene rings is 1. The molecule has 1 aliphatic carbocycles. The van der Waals surface area contributed by atoms with Crippen molar-refractivity contribution in [2.24, 2.45) is 0 Å². The molecule has 2 aliphatic rings. The van der Waals surface area contributed by atoms with Crippen molar-refractivity contribution in [3.8, 4) is 0 Å². The molecule has 1 heterocycles. The maximum atomic E-state index is 9.13. The lowest BCUT2D eigenvalue weighted by molar-refractivity contribution is 0.299. The number of hydrogen-bond acceptors (Lipinski definition) is 2. The van der Waals surface area contributed by atoms with Crippen LogP contribution < -0.4 is 4.90 Å². The number of aliphatic hydroxyl groups excluding tert-OH is 1. The maximum absolute atomic E-state index is 9.13. The van der Waals surface area contributed by atoms with Crippen molar-refractivity contribution in [3.05, 3.63) is 29.3 Å². The highest BCUT2D eigenvalue weighted by Gasteiger charge is 2.31. The van der Waals surface area contributed by atoms with Crippen molar-refractivity contribution >= 4 is 5.69 Å². The fraction of sp³-hybridized carbons (Fsp3) is 0.571. The van der Waals surface area contributed by atoms with E-state index in [1.54, 1.807) is 0 Å². The van der Waals surface area contributed by atoms with Gasteiger partial charge in [-0.1, -0.05) is 18.2 Å². The summed E-state index contributed by atoms with van der Waals surface area (Å²) in [5, 5.41) is 9.13. The molecule has 1 saturated carbocycles. The highest BCUT2D eigenvalue weighted by atomic mass is 16.2. The van der Waals surface area contributed by atoms with Crippen molar-refractivity contribution in [3.63, 3.8) is 0 Å². The van der Waals surface area contributed by atoms with Gasteiger partial charge >= 0.3 is 0 Å². The smallest absolute Gasteiger partial charge is 0.0472 e. The molecule has 0 saturated heterocycles. The molecule has 0 radical (unpaired) electrons. The molecular weight excluding hydrogens is 198 g/mol. The van der Waals surface area contributed by atoms with E-state index in [1.807, 2.05) is 0 Å². The SMILES string of the molecule is OCCc1cccc2c1N(C1CCC1)CC2. The van der Waals surface area contributed by atoms with Crippen LogP contribution in [0.5, 0.6) is 0 Å². The number of hydrogen-bond donors (Lipinski definition) is 1. The van der Waals surface area contributed by atoms with E-state index in [0.29, 0.717) is 0 Å². The van der Waals surface area contributed by atoms with E-state index in [1.165, 1.54) is 49.0 Å². The minimum Gasteiger partial charge on any atom is -0.396 e. The second kappa shape index (κ2) is 4.10. The summed E-state index contributed by atoms with van der Waals surface area (Å²) in [6.45, 7) is 1.44. The zero-order chi connectivity index (χ0) is 11.0. The van der Waals surface area contributed by atoms with E-state index < -0.39 is 0 Å². The van der Waals surface area contributed by atoms with Gasteiger partial charge in [0.1, 0.15) is 0 Å². The van der Waals surface area contributed by atoms with Crippen LogP contribution in [0.15, 0.2) is 18.2 Å². The summed E-state index contributed by atoms with van der Waals surface area (Å²) in [7, 11) is 0. The van der Waals surface area contributed by atoms with Gasteiger partial charge in [0.2, 0.25) is 0 Å². The molecule has 86 valence electrons. The molecule has 0 unspecified atom stereocenters. The Balaban J connectivity index is 1.94. The standard InChI is InChI=1S/C14H19NO/c16-10-8-12-4-1-3-11-7-9-15(14(11)12)13-5-2-6-13/h1,3-4,13,16H,2,5-10H2. The number of fused-ring (bicyclic) bond motifs is 1. The summed E-state index contributed by atoms with van der Waals surface area (Å²) < 4.78 is 0. The average Bonchev–Trinajstić information content (AvgIpc) is 2.61. The van der Waals surface area contributed by atoms with Crippen LogP contribution in [-0.4, -0.2) is 24.3 Å². The number of para-hydroxylation sites is 1. The highest BCUT2D eigenvalue weighted by molar-refractivity contribution is 5.64. The maximum Gasteiger partial charge on any atom is 0.0472 e. The molecule has 2 heteroatoms. The Kier molecular flexibility index (Phi) is 2.60. The monoisotopic (exact) mass is 217 g/mol. The minimum atomic E-state index is 0.259. The van der Waals surface area contributed by atoms with Crippen molar-refractivity contribution in [2.75, 3.05) is 18.1 Å². The molecule has 1 fully saturated rings. The molecule has 0 atom stereocenters. The fourth-order valence-corrected chi connectivity index (χ4v) is 2.95. The van der Waals surface area contributed by atoms with Gasteiger partial charge < -0.3 is 10.0 Å². The predicted octanol–water partition coefficient (Wildman–Crippen LogP) is 2.14. The van der Waals surface area contributed by atoms with E-state index >= 15 is 0 Å². The quantitative estimate of drug-likeness (QED) is 0.838. The molecule has 3 rings (SSSR count). The van der Waals surface area contributed by atoms with Crippen LogP contribution in [0.1, 0.15) is 30.4 Å². The summed E-state index contributed by atoms with van der Waals surface area (Å²) in [5.41, 5.74) is 4.27. The third-order valence-corrected chi connectivity index (χ3v) is 4.01. The van der Waals surface area contributed by atoms with E-state index in [2.05, 4.69) is 23.1 Å². The predicted molar refractivity (Wildman–Crippen MR) is 65.9 cm³/mol. The topological polar surface area (TPSA) is 23.5 Å². The Morgan fingerprint density at radius 3 is 2.88 bits per heavy atom. The molecule has 0 aromatic heterocycles. The van der Waals surface area contributed by atoms with Crippen LogP contribution in [0.25, 0.3) is 0 Å². The third-order valence-electron chi connectivity index (χ3n) is 4.01. The molecular formula is C14H19NO. The Morgan fingerprint density at radius 2 is 2.19 bits per heavy atom. The Bertz CT molecular complexity index is 384. The van der Waals surface area contributed by atoms with Gasteiger partial charge in [0, 0.05) is 24.9 Å².